The van der Waals surface area contributed by atoms with Crippen LogP contribution in [0.5, 0.6) is 11.5 Å². The molecule has 4 nitrogen and oxygen atoms in total. The predicted octanol–water partition coefficient (Wildman–Crippen LogP) is 3.03. The first-order chi connectivity index (χ1) is 19.2. The average Bonchev–Trinajstić information content (AvgIpc) is 2.82. The minimum Gasteiger partial charge on any atom is -0.493 e. The monoisotopic (exact) mass is 340 g/mol. The van der Waals surface area contributed by atoms with Crippen LogP contribution in [0.1, 0.15) is 72.4 Å². The van der Waals surface area contributed by atoms with E-state index in [4.69, 9.17) is 36.9 Å². The van der Waals surface area contributed by atoms with Crippen molar-refractivity contribution in [2.24, 2.45) is 11.8 Å². The summed E-state index contributed by atoms with van der Waals surface area (Å²) in [5, 5.41) is 11.5. The molecule has 2 aliphatic rings. The molecule has 3 unspecified atom stereocenters. The van der Waals surface area contributed by atoms with Crippen LogP contribution in [0, 0.1) is 11.8 Å². The van der Waals surface area contributed by atoms with Crippen LogP contribution in [0.15, 0.2) is 12.1 Å². The summed E-state index contributed by atoms with van der Waals surface area (Å²) in [6.07, 6.45) is -14.0. The number of rotatable bonds is 4. The van der Waals surface area contributed by atoms with Gasteiger partial charge >= 0.3 is 0 Å². The molecule has 2 aliphatic heterocycles. The van der Waals surface area contributed by atoms with Gasteiger partial charge in [-0.3, -0.25) is 4.90 Å². The smallest absolute Gasteiger partial charge is 0.161 e. The third-order valence-electron chi connectivity index (χ3n) is 3.38. The van der Waals surface area contributed by atoms with Crippen molar-refractivity contribution in [3.05, 3.63) is 23.2 Å². The van der Waals surface area contributed by atoms with E-state index in [-0.39, 0.29) is 4.90 Å². The van der Waals surface area contributed by atoms with E-state index in [9.17, 15) is 6.48 Å². The molecule has 128 valence electrons. The van der Waals surface area contributed by atoms with Crippen molar-refractivity contribution in [3.63, 3.8) is 0 Å². The lowest BCUT2D eigenvalue weighted by molar-refractivity contribution is -0.0191. The highest BCUT2D eigenvalue weighted by Gasteiger charge is 2.38. The highest BCUT2D eigenvalue weighted by molar-refractivity contribution is 5.49. The third-order valence-corrected chi connectivity index (χ3v) is 3.38. The molecule has 3 rings (SSSR count). The van der Waals surface area contributed by atoms with Gasteiger partial charge in [0.15, 0.2) is 11.5 Å². The Morgan fingerprint density at radius 1 is 1.57 bits per heavy atom. The molecule has 0 saturated carbocycles. The molecular weight excluding hydrogens is 290 g/mol. The van der Waals surface area contributed by atoms with E-state index in [0.29, 0.717) is 0 Å². The van der Waals surface area contributed by atoms with E-state index in [1.165, 1.54) is 0 Å². The van der Waals surface area contributed by atoms with Crippen LogP contribution < -0.4 is 9.47 Å². The van der Waals surface area contributed by atoms with Gasteiger partial charge in [-0.05, 0) is 54.2 Å². The highest BCUT2D eigenvalue weighted by atomic mass is 16.5. The summed E-state index contributed by atoms with van der Waals surface area (Å²) < 4.78 is 183. The molecule has 0 amide bonds. The van der Waals surface area contributed by atoms with Crippen LogP contribution in [0.3, 0.4) is 0 Å². The van der Waals surface area contributed by atoms with Crippen molar-refractivity contribution < 1.29 is 43.4 Å². The average molecular weight is 341 g/mol. The largest absolute Gasteiger partial charge is 0.493 e. The molecule has 4 heteroatoms. The Kier molecular flexibility index (Phi) is 1.36. The van der Waals surface area contributed by atoms with Crippen molar-refractivity contribution in [2.75, 3.05) is 27.2 Å². The minimum absolute atomic E-state index is 0.0941. The van der Waals surface area contributed by atoms with E-state index in [2.05, 4.69) is 0 Å². The molecule has 1 aromatic carbocycles. The third kappa shape index (κ3) is 3.20. The van der Waals surface area contributed by atoms with E-state index < -0.39 is 112 Å². The second kappa shape index (κ2) is 6.70. The Balaban J connectivity index is 2.52. The summed E-state index contributed by atoms with van der Waals surface area (Å²) in [6, 6.07) is -5.42. The summed E-state index contributed by atoms with van der Waals surface area (Å²) in [5.74, 6) is -10.6. The Morgan fingerprint density at radius 3 is 3.13 bits per heavy atom. The number of nitrogens with zero attached hydrogens (tertiary/aromatic N) is 1. The van der Waals surface area contributed by atoms with Crippen molar-refractivity contribution in [1.82, 2.24) is 4.90 Å². The zero-order valence-electron chi connectivity index (χ0n) is 33.1. The molecular formula is C19H29NO3. The molecule has 2 heterocycles. The maximum absolute atomic E-state index is 11.5. The molecule has 0 aliphatic carbocycles. The van der Waals surface area contributed by atoms with Crippen molar-refractivity contribution in [1.29, 1.82) is 0 Å². The summed E-state index contributed by atoms with van der Waals surface area (Å²) in [7, 11) is -2.29. The molecule has 1 aromatic rings. The van der Waals surface area contributed by atoms with Crippen LogP contribution >= 0.6 is 0 Å². The van der Waals surface area contributed by atoms with E-state index in [1.54, 1.807) is 0 Å². The van der Waals surface area contributed by atoms with Gasteiger partial charge in [0.05, 0.1) is 29.8 Å². The van der Waals surface area contributed by atoms with Crippen molar-refractivity contribution >= 4 is 0 Å². The first kappa shape index (κ1) is 4.67. The second-order valence-corrected chi connectivity index (χ2v) is 4.78. The quantitative estimate of drug-likeness (QED) is 0.915. The van der Waals surface area contributed by atoms with Gasteiger partial charge in [0.1, 0.15) is 0 Å². The SMILES string of the molecule is [2H]c1c2c(c([2H])c(OC)c1OC([2H])([2H])[2H])C1([2H])N(CC2)C([2H])([2H])C([2H])(C([2H])([2H])C([2H])(C([2H])([2H])[2H])C([2H])([2H])[2H])C([2H])(O)C1([2H])[2H]. The lowest BCUT2D eigenvalue weighted by atomic mass is 9.79. The van der Waals surface area contributed by atoms with Crippen LogP contribution in [0.2, 0.25) is 0 Å². The molecule has 3 atom stereocenters. The van der Waals surface area contributed by atoms with Crippen LogP contribution in [0.25, 0.3) is 0 Å². The maximum atomic E-state index is 11.5. The van der Waals surface area contributed by atoms with Crippen LogP contribution in [-0.4, -0.2) is 43.3 Å². The number of fused-ring (bicyclic) bond motifs is 3. The van der Waals surface area contributed by atoms with E-state index in [0.717, 1.165) is 7.11 Å². The normalized spacial score (nSPS) is 57.6. The molecule has 0 spiro atoms. The van der Waals surface area contributed by atoms with Gasteiger partial charge in [-0.15, -0.1) is 0 Å². The number of piperidine rings is 1. The Hall–Kier alpha value is -1.26. The summed E-state index contributed by atoms with van der Waals surface area (Å²) in [5.41, 5.74) is -1.42. The molecule has 0 bridgehead atoms. The Labute approximate surface area is 168 Å². The molecule has 1 fully saturated rings. The Bertz CT molecular complexity index is 1320. The van der Waals surface area contributed by atoms with Crippen molar-refractivity contribution in [2.45, 2.75) is 45.0 Å². The molecule has 0 aromatic heterocycles. The lowest BCUT2D eigenvalue weighted by Crippen LogP contribution is -2.48. The molecule has 1 N–H and O–H groups in total. The number of ether oxygens (including phenoxy) is 2. The molecule has 1 saturated heterocycles. The van der Waals surface area contributed by atoms with Gasteiger partial charge < -0.3 is 14.6 Å². The fourth-order valence-corrected chi connectivity index (χ4v) is 2.39. The summed E-state index contributed by atoms with van der Waals surface area (Å²) in [4.78, 5) is 0.0941. The van der Waals surface area contributed by atoms with Gasteiger partial charge in [-0.25, -0.2) is 0 Å². The van der Waals surface area contributed by atoms with Crippen LogP contribution in [0.4, 0.5) is 0 Å². The van der Waals surface area contributed by atoms with E-state index in [1.807, 2.05) is 0 Å². The number of aliphatic hydroxyl groups is 1. The number of benzene rings is 1. The van der Waals surface area contributed by atoms with Gasteiger partial charge in [0.2, 0.25) is 0 Å². The van der Waals surface area contributed by atoms with Crippen LogP contribution in [-0.2, 0) is 6.42 Å². The topological polar surface area (TPSA) is 41.9 Å². The summed E-state index contributed by atoms with van der Waals surface area (Å²) in [6.45, 7) is -13.4. The molecule has 0 radical (unpaired) electrons. The lowest BCUT2D eigenvalue weighted by Gasteiger charge is -2.46. The summed E-state index contributed by atoms with van der Waals surface area (Å²) >= 11 is 0. The van der Waals surface area contributed by atoms with Gasteiger partial charge in [-0.1, -0.05) is 13.7 Å². The molecule has 23 heavy (non-hydrogen) atoms. The highest BCUT2D eigenvalue weighted by Crippen LogP contribution is 2.43. The first-order valence-corrected chi connectivity index (χ1v) is 6.61. The number of methoxy groups -OCH3 is 2. The fourth-order valence-electron chi connectivity index (χ4n) is 2.39. The maximum Gasteiger partial charge on any atom is 0.161 e. The Morgan fingerprint density at radius 2 is 2.39 bits per heavy atom. The predicted molar refractivity (Wildman–Crippen MR) is 91.1 cm³/mol. The zero-order valence-corrected chi connectivity index (χ0v) is 12.1. The van der Waals surface area contributed by atoms with E-state index >= 15 is 0 Å². The number of hydrogen-bond acceptors (Lipinski definition) is 4. The number of hydrogen-bond donors (Lipinski definition) is 1. The van der Waals surface area contributed by atoms with Gasteiger partial charge in [0.25, 0.3) is 0 Å². The standard InChI is InChI=1S/C19H29NO3/c1-12(2)7-14-11-20-6-5-13-8-18(22-3)19(23-4)9-15(13)16(20)10-17(14)21/h8-9,12,14,16-17,21H,5-7,10-11H2,1-4H3/i1D3,2D3,3D3,7D2,8D,9D,10D2,11D2,12D,14D,16D,17D. The van der Waals surface area contributed by atoms with Gasteiger partial charge in [0, 0.05) is 38.3 Å². The first-order valence-electron chi connectivity index (χ1n) is 17.1. The second-order valence-electron chi connectivity index (χ2n) is 4.78. The van der Waals surface area contributed by atoms with Gasteiger partial charge in [-0.2, -0.15) is 0 Å². The zero-order chi connectivity index (χ0) is 34.9. The minimum atomic E-state index is -4.62. The van der Waals surface area contributed by atoms with Crippen molar-refractivity contribution in [3.8, 4) is 11.5 Å². The fraction of sp³-hybridized carbons (Fsp3) is 0.684.